The smallest absolute Gasteiger partial charge is 0.0969 e. The van der Waals surface area contributed by atoms with Crippen molar-refractivity contribution in [3.8, 4) is 11.8 Å². The molecule has 2 aromatic rings. The van der Waals surface area contributed by atoms with Crippen molar-refractivity contribution in [2.24, 2.45) is 5.73 Å². The normalized spacial score (nSPS) is 10.1. The van der Waals surface area contributed by atoms with Gasteiger partial charge in [0.2, 0.25) is 0 Å². The highest BCUT2D eigenvalue weighted by molar-refractivity contribution is 7.98. The van der Waals surface area contributed by atoms with Crippen LogP contribution in [-0.2, 0) is 5.75 Å². The number of hydrogen-bond acceptors (Lipinski definition) is 4. The van der Waals surface area contributed by atoms with Crippen LogP contribution in [0.4, 0.5) is 0 Å². The zero-order chi connectivity index (χ0) is 13.7. The molecule has 2 aromatic heterocycles. The summed E-state index contributed by atoms with van der Waals surface area (Å²) in [5, 5.41) is 3.16. The lowest BCUT2D eigenvalue weighted by molar-refractivity contribution is 1.05. The van der Waals surface area contributed by atoms with Crippen molar-refractivity contribution in [2.75, 3.05) is 6.54 Å². The highest BCUT2D eigenvalue weighted by Crippen LogP contribution is 2.25. The molecule has 0 saturated heterocycles. The van der Waals surface area contributed by atoms with Gasteiger partial charge in [0.15, 0.2) is 0 Å². The van der Waals surface area contributed by atoms with Crippen LogP contribution in [0.1, 0.15) is 21.7 Å². The first-order valence-electron chi connectivity index (χ1n) is 6.02. The molecule has 0 bridgehead atoms. The van der Waals surface area contributed by atoms with Crippen LogP contribution < -0.4 is 5.73 Å². The SMILES string of the molecule is Cc1cc(C)nc(SCc2cc(C#CCN)cs2)c1. The van der Waals surface area contributed by atoms with Crippen LogP contribution in [0.25, 0.3) is 0 Å². The predicted octanol–water partition coefficient (Wildman–Crippen LogP) is 3.36. The molecule has 0 fully saturated rings. The van der Waals surface area contributed by atoms with E-state index in [-0.39, 0.29) is 0 Å². The van der Waals surface area contributed by atoms with Crippen LogP contribution >= 0.6 is 23.1 Å². The first-order valence-corrected chi connectivity index (χ1v) is 7.88. The molecule has 0 aliphatic carbocycles. The van der Waals surface area contributed by atoms with E-state index in [0.717, 1.165) is 22.0 Å². The average molecular weight is 288 g/mol. The van der Waals surface area contributed by atoms with Crippen molar-refractivity contribution in [1.29, 1.82) is 0 Å². The van der Waals surface area contributed by atoms with Gasteiger partial charge in [-0.05, 0) is 37.6 Å². The van der Waals surface area contributed by atoms with Crippen molar-refractivity contribution in [1.82, 2.24) is 4.98 Å². The quantitative estimate of drug-likeness (QED) is 0.695. The lowest BCUT2D eigenvalue weighted by Crippen LogP contribution is -1.92. The maximum atomic E-state index is 5.36. The third-order valence-corrected chi connectivity index (χ3v) is 4.50. The van der Waals surface area contributed by atoms with Crippen LogP contribution in [-0.4, -0.2) is 11.5 Å². The number of nitrogens with zero attached hydrogens (tertiary/aromatic N) is 1. The Bertz CT molecular complexity index is 600. The molecule has 2 N–H and O–H groups in total. The van der Waals surface area contributed by atoms with E-state index in [4.69, 9.17) is 5.73 Å². The number of rotatable bonds is 3. The van der Waals surface area contributed by atoms with Crippen molar-refractivity contribution in [2.45, 2.75) is 24.6 Å². The predicted molar refractivity (Wildman–Crippen MR) is 83.5 cm³/mol. The zero-order valence-electron chi connectivity index (χ0n) is 11.1. The first kappa shape index (κ1) is 14.1. The Kier molecular flexibility index (Phi) is 5.03. The fraction of sp³-hybridized carbons (Fsp3) is 0.267. The second kappa shape index (κ2) is 6.76. The minimum atomic E-state index is 0.409. The lowest BCUT2D eigenvalue weighted by Gasteiger charge is -2.02. The standard InChI is InChI=1S/C15H16N2S2/c1-11-6-12(2)17-15(7-11)19-10-14-8-13(9-18-14)4-3-5-16/h6-9H,5,10,16H2,1-2H3. The van der Waals surface area contributed by atoms with Crippen molar-refractivity contribution in [3.63, 3.8) is 0 Å². The van der Waals surface area contributed by atoms with E-state index in [2.05, 4.69) is 47.3 Å². The van der Waals surface area contributed by atoms with Crippen molar-refractivity contribution >= 4 is 23.1 Å². The van der Waals surface area contributed by atoms with E-state index in [1.165, 1.54) is 10.4 Å². The van der Waals surface area contributed by atoms with E-state index in [0.29, 0.717) is 6.54 Å². The minimum absolute atomic E-state index is 0.409. The zero-order valence-corrected chi connectivity index (χ0v) is 12.7. The molecule has 0 aromatic carbocycles. The molecule has 0 atom stereocenters. The summed E-state index contributed by atoms with van der Waals surface area (Å²) in [5.74, 6) is 6.86. The molecular weight excluding hydrogens is 272 g/mol. The monoisotopic (exact) mass is 288 g/mol. The van der Waals surface area contributed by atoms with Gasteiger partial charge in [-0.2, -0.15) is 0 Å². The van der Waals surface area contributed by atoms with Crippen molar-refractivity contribution < 1.29 is 0 Å². The number of aryl methyl sites for hydroxylation is 2. The van der Waals surface area contributed by atoms with Gasteiger partial charge in [0, 0.05) is 27.3 Å². The number of nitrogens with two attached hydrogens (primary N) is 1. The number of aromatic nitrogens is 1. The van der Waals surface area contributed by atoms with Gasteiger partial charge in [0.1, 0.15) is 0 Å². The van der Waals surface area contributed by atoms with Crippen LogP contribution in [0.2, 0.25) is 0 Å². The van der Waals surface area contributed by atoms with Gasteiger partial charge in [-0.15, -0.1) is 23.1 Å². The molecule has 19 heavy (non-hydrogen) atoms. The van der Waals surface area contributed by atoms with Gasteiger partial charge < -0.3 is 5.73 Å². The van der Waals surface area contributed by atoms with Gasteiger partial charge >= 0.3 is 0 Å². The highest BCUT2D eigenvalue weighted by Gasteiger charge is 2.02. The minimum Gasteiger partial charge on any atom is -0.320 e. The molecule has 0 saturated carbocycles. The molecule has 98 valence electrons. The molecule has 0 aliphatic rings. The van der Waals surface area contributed by atoms with Crippen LogP contribution in [0.15, 0.2) is 28.6 Å². The Morgan fingerprint density at radius 3 is 2.89 bits per heavy atom. The average Bonchev–Trinajstić information content (AvgIpc) is 2.81. The Balaban J connectivity index is 2.00. The molecule has 0 aliphatic heterocycles. The molecule has 0 spiro atoms. The largest absolute Gasteiger partial charge is 0.320 e. The molecule has 0 radical (unpaired) electrons. The second-order valence-electron chi connectivity index (χ2n) is 4.22. The van der Waals surface area contributed by atoms with Gasteiger partial charge in [0.25, 0.3) is 0 Å². The summed E-state index contributed by atoms with van der Waals surface area (Å²) in [6.07, 6.45) is 0. The Morgan fingerprint density at radius 1 is 1.32 bits per heavy atom. The van der Waals surface area contributed by atoms with E-state index in [9.17, 15) is 0 Å². The molecule has 0 unspecified atom stereocenters. The maximum Gasteiger partial charge on any atom is 0.0969 e. The molecule has 2 rings (SSSR count). The third kappa shape index (κ3) is 4.39. The summed E-state index contributed by atoms with van der Waals surface area (Å²) in [5.41, 5.74) is 8.75. The van der Waals surface area contributed by atoms with Crippen molar-refractivity contribution in [3.05, 3.63) is 45.3 Å². The number of thiophene rings is 1. The van der Waals surface area contributed by atoms with Crippen LogP contribution in [0.5, 0.6) is 0 Å². The summed E-state index contributed by atoms with van der Waals surface area (Å²) in [4.78, 5) is 5.84. The Morgan fingerprint density at radius 2 is 2.16 bits per heavy atom. The van der Waals surface area contributed by atoms with E-state index < -0.39 is 0 Å². The molecule has 2 heterocycles. The number of hydrogen-bond donors (Lipinski definition) is 1. The van der Waals surface area contributed by atoms with E-state index in [1.807, 2.05) is 6.92 Å². The summed E-state index contributed by atoms with van der Waals surface area (Å²) >= 11 is 3.50. The van der Waals surface area contributed by atoms with Gasteiger partial charge in [-0.1, -0.05) is 11.8 Å². The van der Waals surface area contributed by atoms with Gasteiger partial charge in [-0.3, -0.25) is 0 Å². The maximum absolute atomic E-state index is 5.36. The van der Waals surface area contributed by atoms with Gasteiger partial charge in [0.05, 0.1) is 11.6 Å². The summed E-state index contributed by atoms with van der Waals surface area (Å²) in [7, 11) is 0. The molecule has 0 amide bonds. The van der Waals surface area contributed by atoms with Crippen LogP contribution in [0, 0.1) is 25.7 Å². The summed E-state index contributed by atoms with van der Waals surface area (Å²) < 4.78 is 0. The molecule has 4 heteroatoms. The summed E-state index contributed by atoms with van der Waals surface area (Å²) in [6.45, 7) is 4.54. The second-order valence-corrected chi connectivity index (χ2v) is 6.21. The van der Waals surface area contributed by atoms with Crippen LogP contribution in [0.3, 0.4) is 0 Å². The number of pyridine rings is 1. The lowest BCUT2D eigenvalue weighted by atomic mass is 10.3. The molecule has 2 nitrogen and oxygen atoms in total. The highest BCUT2D eigenvalue weighted by atomic mass is 32.2. The topological polar surface area (TPSA) is 38.9 Å². The fourth-order valence-electron chi connectivity index (χ4n) is 1.70. The first-order chi connectivity index (χ1) is 9.17. The Labute approximate surface area is 122 Å². The van der Waals surface area contributed by atoms with Gasteiger partial charge in [-0.25, -0.2) is 4.98 Å². The van der Waals surface area contributed by atoms with E-state index in [1.54, 1.807) is 23.1 Å². The van der Waals surface area contributed by atoms with E-state index >= 15 is 0 Å². The fourth-order valence-corrected chi connectivity index (χ4v) is 3.60. The Hall–Kier alpha value is -1.28. The number of thioether (sulfide) groups is 1. The molecular formula is C15H16N2S2. The third-order valence-electron chi connectivity index (χ3n) is 2.43. The summed E-state index contributed by atoms with van der Waals surface area (Å²) in [6, 6.07) is 6.35.